The van der Waals surface area contributed by atoms with Crippen LogP contribution in [0.4, 0.5) is 4.79 Å². The van der Waals surface area contributed by atoms with Gasteiger partial charge in [0.1, 0.15) is 6.04 Å². The summed E-state index contributed by atoms with van der Waals surface area (Å²) in [7, 11) is 0. The van der Waals surface area contributed by atoms with Crippen LogP contribution in [0.2, 0.25) is 0 Å². The molecule has 2 atom stereocenters. The van der Waals surface area contributed by atoms with Gasteiger partial charge in [-0.3, -0.25) is 4.79 Å². The lowest BCUT2D eigenvalue weighted by atomic mass is 10.1. The van der Waals surface area contributed by atoms with Gasteiger partial charge in [-0.25, -0.2) is 4.79 Å². The number of likely N-dealkylation sites (tertiary alicyclic amines) is 1. The second-order valence-electron chi connectivity index (χ2n) is 3.79. The van der Waals surface area contributed by atoms with E-state index in [1.54, 1.807) is 0 Å². The van der Waals surface area contributed by atoms with Crippen LogP contribution in [0.3, 0.4) is 0 Å². The number of carbonyl (C=O) groups excluding carboxylic acids is 1. The normalized spacial score (nSPS) is 22.5. The van der Waals surface area contributed by atoms with Crippen molar-refractivity contribution in [2.75, 3.05) is 19.7 Å². The number of aliphatic hydroxyl groups is 1. The molecular formula is C9H16N2O4. The van der Waals surface area contributed by atoms with E-state index in [-0.39, 0.29) is 18.6 Å². The standard InChI is InChI=1S/C9H16N2O4/c1-6(8(13)14)10-9(15)11-3-2-7(4-11)5-12/h6-7,12H,2-5H2,1H3,(H,10,15)(H,13,14). The fourth-order valence-electron chi connectivity index (χ4n) is 1.50. The van der Waals surface area contributed by atoms with Crippen LogP contribution in [0, 0.1) is 5.92 Å². The molecule has 1 aliphatic rings. The van der Waals surface area contributed by atoms with Crippen molar-refractivity contribution in [2.45, 2.75) is 19.4 Å². The van der Waals surface area contributed by atoms with Gasteiger partial charge in [-0.15, -0.1) is 0 Å². The van der Waals surface area contributed by atoms with Crippen LogP contribution < -0.4 is 5.32 Å². The van der Waals surface area contributed by atoms with Gasteiger partial charge in [0.05, 0.1) is 0 Å². The van der Waals surface area contributed by atoms with Gasteiger partial charge >= 0.3 is 12.0 Å². The van der Waals surface area contributed by atoms with Crippen LogP contribution in [-0.2, 0) is 4.79 Å². The highest BCUT2D eigenvalue weighted by Crippen LogP contribution is 2.15. The first-order valence-electron chi connectivity index (χ1n) is 4.93. The summed E-state index contributed by atoms with van der Waals surface area (Å²) in [5, 5.41) is 19.9. The highest BCUT2D eigenvalue weighted by atomic mass is 16.4. The van der Waals surface area contributed by atoms with E-state index in [0.29, 0.717) is 13.1 Å². The predicted octanol–water partition coefficient (Wildman–Crippen LogP) is -0.517. The summed E-state index contributed by atoms with van der Waals surface area (Å²) in [4.78, 5) is 23.5. The number of amides is 2. The highest BCUT2D eigenvalue weighted by Gasteiger charge is 2.27. The first-order chi connectivity index (χ1) is 7.04. The van der Waals surface area contributed by atoms with Crippen molar-refractivity contribution in [1.29, 1.82) is 0 Å². The Kier molecular flexibility index (Phi) is 3.90. The Morgan fingerprint density at radius 1 is 1.60 bits per heavy atom. The summed E-state index contributed by atoms with van der Waals surface area (Å²) in [5.74, 6) is -0.933. The minimum atomic E-state index is -1.05. The molecule has 0 aromatic heterocycles. The molecule has 1 saturated heterocycles. The maximum Gasteiger partial charge on any atom is 0.325 e. The molecule has 0 radical (unpaired) electrons. The maximum atomic E-state index is 11.5. The van der Waals surface area contributed by atoms with Crippen LogP contribution >= 0.6 is 0 Å². The third-order valence-electron chi connectivity index (χ3n) is 2.54. The first kappa shape index (κ1) is 11.8. The van der Waals surface area contributed by atoms with Crippen LogP contribution in [0.1, 0.15) is 13.3 Å². The Bertz CT molecular complexity index is 256. The largest absolute Gasteiger partial charge is 0.480 e. The molecule has 3 N–H and O–H groups in total. The third kappa shape index (κ3) is 3.09. The third-order valence-corrected chi connectivity index (χ3v) is 2.54. The number of carboxylic acids is 1. The molecule has 2 amide bonds. The van der Waals surface area contributed by atoms with Crippen molar-refractivity contribution in [3.8, 4) is 0 Å². The molecule has 1 aliphatic heterocycles. The van der Waals surface area contributed by atoms with Crippen molar-refractivity contribution < 1.29 is 19.8 Å². The van der Waals surface area contributed by atoms with E-state index in [4.69, 9.17) is 10.2 Å². The minimum absolute atomic E-state index is 0.0677. The molecule has 0 aromatic rings. The number of rotatable bonds is 3. The number of carbonyl (C=O) groups is 2. The van der Waals surface area contributed by atoms with E-state index in [9.17, 15) is 9.59 Å². The Morgan fingerprint density at radius 3 is 2.73 bits per heavy atom. The molecule has 86 valence electrons. The molecule has 0 aromatic carbocycles. The second kappa shape index (κ2) is 4.97. The molecule has 0 bridgehead atoms. The van der Waals surface area contributed by atoms with Gasteiger partial charge in [-0.1, -0.05) is 0 Å². The van der Waals surface area contributed by atoms with Gasteiger partial charge in [-0.2, -0.15) is 0 Å². The highest BCUT2D eigenvalue weighted by molar-refractivity contribution is 5.82. The van der Waals surface area contributed by atoms with E-state index >= 15 is 0 Å². The molecule has 0 aliphatic carbocycles. The lowest BCUT2D eigenvalue weighted by molar-refractivity contribution is -0.138. The van der Waals surface area contributed by atoms with E-state index in [0.717, 1.165) is 6.42 Å². The Balaban J connectivity index is 2.38. The van der Waals surface area contributed by atoms with Gasteiger partial charge in [0.2, 0.25) is 0 Å². The van der Waals surface area contributed by atoms with E-state index in [1.807, 2.05) is 0 Å². The summed E-state index contributed by atoms with van der Waals surface area (Å²) in [6.45, 7) is 2.55. The van der Waals surface area contributed by atoms with Crippen LogP contribution in [0.5, 0.6) is 0 Å². The van der Waals surface area contributed by atoms with E-state index in [1.165, 1.54) is 11.8 Å². The topological polar surface area (TPSA) is 89.9 Å². The second-order valence-corrected chi connectivity index (χ2v) is 3.79. The minimum Gasteiger partial charge on any atom is -0.480 e. The Morgan fingerprint density at radius 2 is 2.27 bits per heavy atom. The van der Waals surface area contributed by atoms with Gasteiger partial charge in [0.25, 0.3) is 0 Å². The average molecular weight is 216 g/mol. The van der Waals surface area contributed by atoms with Crippen molar-refractivity contribution in [3.05, 3.63) is 0 Å². The Hall–Kier alpha value is -1.30. The summed E-state index contributed by atoms with van der Waals surface area (Å²) in [6.07, 6.45) is 0.769. The monoisotopic (exact) mass is 216 g/mol. The number of nitrogens with one attached hydrogen (secondary N) is 1. The molecule has 15 heavy (non-hydrogen) atoms. The van der Waals surface area contributed by atoms with Gasteiger partial charge in [0, 0.05) is 25.6 Å². The van der Waals surface area contributed by atoms with Gasteiger partial charge < -0.3 is 20.4 Å². The molecule has 6 nitrogen and oxygen atoms in total. The zero-order valence-corrected chi connectivity index (χ0v) is 8.64. The number of carboxylic acid groups (broad SMARTS) is 1. The van der Waals surface area contributed by atoms with Crippen LogP contribution in [0.15, 0.2) is 0 Å². The fourth-order valence-corrected chi connectivity index (χ4v) is 1.50. The van der Waals surface area contributed by atoms with Crippen molar-refractivity contribution in [1.82, 2.24) is 10.2 Å². The summed E-state index contributed by atoms with van der Waals surface area (Å²) in [6, 6.07) is -1.26. The number of urea groups is 1. The molecule has 6 heteroatoms. The van der Waals surface area contributed by atoms with Crippen molar-refractivity contribution in [3.63, 3.8) is 0 Å². The zero-order chi connectivity index (χ0) is 11.4. The molecule has 0 saturated carbocycles. The molecular weight excluding hydrogens is 200 g/mol. The lowest BCUT2D eigenvalue weighted by Crippen LogP contribution is -2.45. The van der Waals surface area contributed by atoms with Crippen molar-refractivity contribution >= 4 is 12.0 Å². The smallest absolute Gasteiger partial charge is 0.325 e. The maximum absolute atomic E-state index is 11.5. The summed E-state index contributed by atoms with van der Waals surface area (Å²) in [5.41, 5.74) is 0. The molecule has 0 spiro atoms. The predicted molar refractivity (Wildman–Crippen MR) is 52.4 cm³/mol. The number of aliphatic carboxylic acids is 1. The molecule has 1 heterocycles. The number of hydrogen-bond acceptors (Lipinski definition) is 3. The molecule has 1 fully saturated rings. The van der Waals surface area contributed by atoms with Crippen molar-refractivity contribution in [2.24, 2.45) is 5.92 Å². The first-order valence-corrected chi connectivity index (χ1v) is 4.93. The lowest BCUT2D eigenvalue weighted by Gasteiger charge is -2.18. The number of aliphatic hydroxyl groups excluding tert-OH is 1. The zero-order valence-electron chi connectivity index (χ0n) is 8.64. The SMILES string of the molecule is CC(NC(=O)N1CCC(CO)C1)C(=O)O. The number of hydrogen-bond donors (Lipinski definition) is 3. The fraction of sp³-hybridized carbons (Fsp3) is 0.778. The Labute approximate surface area is 87.9 Å². The van der Waals surface area contributed by atoms with E-state index < -0.39 is 12.0 Å². The quantitative estimate of drug-likeness (QED) is 0.592. The number of nitrogens with zero attached hydrogens (tertiary/aromatic N) is 1. The van der Waals surface area contributed by atoms with Gasteiger partial charge in [0.15, 0.2) is 0 Å². The summed E-state index contributed by atoms with van der Waals surface area (Å²) >= 11 is 0. The van der Waals surface area contributed by atoms with E-state index in [2.05, 4.69) is 5.32 Å². The molecule has 2 unspecified atom stereocenters. The average Bonchev–Trinajstić information content (AvgIpc) is 2.65. The van der Waals surface area contributed by atoms with Crippen LogP contribution in [-0.4, -0.2) is 52.9 Å². The van der Waals surface area contributed by atoms with Gasteiger partial charge in [-0.05, 0) is 13.3 Å². The molecule has 1 rings (SSSR count). The van der Waals surface area contributed by atoms with Crippen LogP contribution in [0.25, 0.3) is 0 Å². The summed E-state index contributed by atoms with van der Waals surface area (Å²) < 4.78 is 0.